The van der Waals surface area contributed by atoms with Gasteiger partial charge in [0.15, 0.2) is 0 Å². The second-order valence-electron chi connectivity index (χ2n) is 4.64. The number of esters is 1. The summed E-state index contributed by atoms with van der Waals surface area (Å²) in [6.07, 6.45) is -7.91. The van der Waals surface area contributed by atoms with E-state index in [1.807, 2.05) is 6.92 Å². The third-order valence-electron chi connectivity index (χ3n) is 2.80. The Morgan fingerprint density at radius 2 is 1.45 bits per heavy atom. The smallest absolute Gasteiger partial charge is 0.416 e. The second-order valence-corrected chi connectivity index (χ2v) is 4.64. The van der Waals surface area contributed by atoms with E-state index in [-0.39, 0.29) is 12.7 Å². The molecule has 0 spiro atoms. The van der Waals surface area contributed by atoms with Gasteiger partial charge in [-0.2, -0.15) is 26.3 Å². The molecule has 0 unspecified atom stereocenters. The number of alkyl halides is 6. The summed E-state index contributed by atoms with van der Waals surface area (Å²) >= 11 is 0. The van der Waals surface area contributed by atoms with Crippen molar-refractivity contribution in [1.29, 1.82) is 0 Å². The molecule has 124 valence electrons. The van der Waals surface area contributed by atoms with E-state index in [1.54, 1.807) is 0 Å². The zero-order valence-electron chi connectivity index (χ0n) is 11.6. The number of carbonyl (C=O) groups excluding carboxylic acids is 1. The molecule has 8 heteroatoms. The Morgan fingerprint density at radius 3 is 1.86 bits per heavy atom. The highest BCUT2D eigenvalue weighted by molar-refractivity contribution is 5.90. The molecule has 0 heterocycles. The fraction of sp³-hybridized carbons (Fsp3) is 0.500. The lowest BCUT2D eigenvalue weighted by Gasteiger charge is -2.13. The summed E-state index contributed by atoms with van der Waals surface area (Å²) in [6.45, 7) is 1.84. The highest BCUT2D eigenvalue weighted by Gasteiger charge is 2.37. The van der Waals surface area contributed by atoms with Gasteiger partial charge in [-0.1, -0.05) is 19.8 Å². The van der Waals surface area contributed by atoms with Crippen LogP contribution < -0.4 is 0 Å². The van der Waals surface area contributed by atoms with E-state index in [4.69, 9.17) is 4.74 Å². The Balaban J connectivity index is 3.05. The van der Waals surface area contributed by atoms with E-state index >= 15 is 0 Å². The number of hydrogen-bond acceptors (Lipinski definition) is 2. The van der Waals surface area contributed by atoms with Gasteiger partial charge < -0.3 is 4.74 Å². The van der Waals surface area contributed by atoms with Crippen LogP contribution in [0, 0.1) is 0 Å². The average molecular weight is 328 g/mol. The summed E-state index contributed by atoms with van der Waals surface area (Å²) in [6, 6.07) is 0.683. The Hall–Kier alpha value is -1.73. The lowest BCUT2D eigenvalue weighted by atomic mass is 10.0. The maximum Gasteiger partial charge on any atom is 0.416 e. The lowest BCUT2D eigenvalue weighted by Crippen LogP contribution is -2.15. The summed E-state index contributed by atoms with van der Waals surface area (Å²) in [4.78, 5) is 11.6. The topological polar surface area (TPSA) is 26.3 Å². The predicted octanol–water partition coefficient (Wildman–Crippen LogP) is 5.07. The highest BCUT2D eigenvalue weighted by Crippen LogP contribution is 2.36. The minimum Gasteiger partial charge on any atom is -0.462 e. The summed E-state index contributed by atoms with van der Waals surface area (Å²) in [7, 11) is 0. The summed E-state index contributed by atoms with van der Waals surface area (Å²) in [5.41, 5.74) is -3.84. The third-order valence-corrected chi connectivity index (χ3v) is 2.80. The van der Waals surface area contributed by atoms with E-state index in [1.165, 1.54) is 0 Å². The largest absolute Gasteiger partial charge is 0.462 e. The van der Waals surface area contributed by atoms with Crippen molar-refractivity contribution in [2.45, 2.75) is 38.5 Å². The van der Waals surface area contributed by atoms with Crippen LogP contribution in [-0.2, 0) is 17.1 Å². The monoisotopic (exact) mass is 328 g/mol. The van der Waals surface area contributed by atoms with Crippen LogP contribution in [-0.4, -0.2) is 12.6 Å². The standard InChI is InChI=1S/C14H14F6O2/c1-2-3-4-5-22-12(21)9-6-10(13(15,16)17)8-11(7-9)14(18,19)20/h6-8H,2-5H2,1H3. The van der Waals surface area contributed by atoms with Crippen molar-refractivity contribution >= 4 is 5.97 Å². The van der Waals surface area contributed by atoms with Crippen LogP contribution >= 0.6 is 0 Å². The number of unbranched alkanes of at least 4 members (excludes halogenated alkanes) is 2. The van der Waals surface area contributed by atoms with Crippen LogP contribution in [0.4, 0.5) is 26.3 Å². The van der Waals surface area contributed by atoms with Crippen molar-refractivity contribution in [3.05, 3.63) is 34.9 Å². The zero-order chi connectivity index (χ0) is 17.0. The normalized spacial score (nSPS) is 12.3. The van der Waals surface area contributed by atoms with Gasteiger partial charge in [-0.15, -0.1) is 0 Å². The molecular weight excluding hydrogens is 314 g/mol. The first-order valence-corrected chi connectivity index (χ1v) is 6.52. The van der Waals surface area contributed by atoms with Gasteiger partial charge in [0.1, 0.15) is 0 Å². The molecule has 0 radical (unpaired) electrons. The van der Waals surface area contributed by atoms with Crippen LogP contribution in [0.5, 0.6) is 0 Å². The van der Waals surface area contributed by atoms with Crippen LogP contribution in [0.15, 0.2) is 18.2 Å². The van der Waals surface area contributed by atoms with Crippen molar-refractivity contribution in [2.75, 3.05) is 6.61 Å². The van der Waals surface area contributed by atoms with E-state index < -0.39 is 35.0 Å². The molecule has 0 aliphatic rings. The fourth-order valence-corrected chi connectivity index (χ4v) is 1.67. The molecule has 0 N–H and O–H groups in total. The summed E-state index contributed by atoms with van der Waals surface area (Å²) in [5, 5.41) is 0. The molecule has 1 aromatic carbocycles. The quantitative estimate of drug-likeness (QED) is 0.428. The molecule has 0 bridgehead atoms. The van der Waals surface area contributed by atoms with E-state index in [0.29, 0.717) is 18.6 Å². The number of halogens is 6. The molecule has 0 aromatic heterocycles. The number of rotatable bonds is 5. The first-order valence-electron chi connectivity index (χ1n) is 6.52. The molecule has 0 amide bonds. The zero-order valence-corrected chi connectivity index (χ0v) is 11.6. The van der Waals surface area contributed by atoms with Crippen LogP contribution in [0.2, 0.25) is 0 Å². The highest BCUT2D eigenvalue weighted by atomic mass is 19.4. The first kappa shape index (κ1) is 18.3. The average Bonchev–Trinajstić information content (AvgIpc) is 2.41. The number of benzene rings is 1. The van der Waals surface area contributed by atoms with E-state index in [0.717, 1.165) is 12.8 Å². The molecule has 0 saturated heterocycles. The van der Waals surface area contributed by atoms with E-state index in [2.05, 4.69) is 0 Å². The third kappa shape index (κ3) is 5.23. The number of ether oxygens (including phenoxy) is 1. The Morgan fingerprint density at radius 1 is 0.955 bits per heavy atom. The van der Waals surface area contributed by atoms with Crippen molar-refractivity contribution in [1.82, 2.24) is 0 Å². The van der Waals surface area contributed by atoms with Gasteiger partial charge in [0, 0.05) is 0 Å². The summed E-state index contributed by atoms with van der Waals surface area (Å²) < 4.78 is 80.5. The van der Waals surface area contributed by atoms with Gasteiger partial charge in [-0.05, 0) is 24.6 Å². The molecule has 0 saturated carbocycles. The van der Waals surface area contributed by atoms with E-state index in [9.17, 15) is 31.1 Å². The Labute approximate surface area is 123 Å². The van der Waals surface area contributed by atoms with Crippen molar-refractivity contribution < 1.29 is 35.9 Å². The van der Waals surface area contributed by atoms with Gasteiger partial charge in [-0.25, -0.2) is 4.79 Å². The lowest BCUT2D eigenvalue weighted by molar-refractivity contribution is -0.143. The Kier molecular flexibility index (Phi) is 5.85. The number of hydrogen-bond donors (Lipinski definition) is 0. The predicted molar refractivity (Wildman–Crippen MR) is 66.3 cm³/mol. The number of carbonyl (C=O) groups is 1. The maximum atomic E-state index is 12.6. The van der Waals surface area contributed by atoms with Gasteiger partial charge in [-0.3, -0.25) is 0 Å². The Bertz CT molecular complexity index is 487. The first-order chi connectivity index (χ1) is 10.1. The minimum atomic E-state index is -4.99. The molecule has 22 heavy (non-hydrogen) atoms. The molecule has 1 aromatic rings. The molecule has 0 fully saturated rings. The van der Waals surface area contributed by atoms with Crippen LogP contribution in [0.3, 0.4) is 0 Å². The van der Waals surface area contributed by atoms with Crippen molar-refractivity contribution in [2.24, 2.45) is 0 Å². The second kappa shape index (κ2) is 7.02. The van der Waals surface area contributed by atoms with Crippen molar-refractivity contribution in [3.8, 4) is 0 Å². The van der Waals surface area contributed by atoms with Crippen LogP contribution in [0.1, 0.15) is 47.7 Å². The maximum absolute atomic E-state index is 12.6. The molecule has 1 rings (SSSR count). The SMILES string of the molecule is CCCCCOC(=O)c1cc(C(F)(F)F)cc(C(F)(F)F)c1. The molecule has 2 nitrogen and oxygen atoms in total. The van der Waals surface area contributed by atoms with Crippen molar-refractivity contribution in [3.63, 3.8) is 0 Å². The molecule has 0 aliphatic carbocycles. The van der Waals surface area contributed by atoms with Gasteiger partial charge in [0.25, 0.3) is 0 Å². The van der Waals surface area contributed by atoms with Gasteiger partial charge >= 0.3 is 18.3 Å². The molecular formula is C14H14F6O2. The minimum absolute atomic E-state index is 0.0339. The van der Waals surface area contributed by atoms with Gasteiger partial charge in [0.05, 0.1) is 23.3 Å². The van der Waals surface area contributed by atoms with Crippen LogP contribution in [0.25, 0.3) is 0 Å². The molecule has 0 aliphatic heterocycles. The summed E-state index contributed by atoms with van der Waals surface area (Å²) in [5.74, 6) is -1.20. The fourth-order valence-electron chi connectivity index (χ4n) is 1.67. The molecule has 0 atom stereocenters. The van der Waals surface area contributed by atoms with Gasteiger partial charge in [0.2, 0.25) is 0 Å².